The molecule has 0 unspecified atom stereocenters. The zero-order valence-corrected chi connectivity index (χ0v) is 14.8. The van der Waals surface area contributed by atoms with Crippen molar-refractivity contribution >= 4 is 5.78 Å². The Labute approximate surface area is 160 Å². The molecule has 0 spiro atoms. The number of Topliss-reactive ketones (excluding diaryl/α,β-unsaturated/α-hetero) is 1. The number of nitrogens with two attached hydrogens (primary N) is 1. The second kappa shape index (κ2) is 6.93. The molecule has 0 aromatic heterocycles. The van der Waals surface area contributed by atoms with Gasteiger partial charge in [-0.1, -0.05) is 36.4 Å². The van der Waals surface area contributed by atoms with Crippen molar-refractivity contribution in [1.29, 1.82) is 5.26 Å². The molecule has 0 amide bonds. The van der Waals surface area contributed by atoms with Crippen LogP contribution >= 0.6 is 0 Å². The molecule has 1 aliphatic carbocycles. The van der Waals surface area contributed by atoms with Gasteiger partial charge in [0.05, 0.1) is 5.92 Å². The second-order valence-electron chi connectivity index (χ2n) is 6.87. The van der Waals surface area contributed by atoms with E-state index in [-0.39, 0.29) is 40.7 Å². The number of carbonyl (C=O) groups is 1. The molecule has 0 fully saturated rings. The van der Waals surface area contributed by atoms with Crippen LogP contribution in [0.1, 0.15) is 35.8 Å². The van der Waals surface area contributed by atoms with E-state index in [4.69, 9.17) is 10.5 Å². The molecule has 2 atom stereocenters. The molecule has 6 heteroatoms. The van der Waals surface area contributed by atoms with Crippen LogP contribution in [0.3, 0.4) is 0 Å². The number of hydrogen-bond acceptors (Lipinski definition) is 4. The second-order valence-corrected chi connectivity index (χ2v) is 6.87. The average molecular weight is 378 g/mol. The number of ether oxygens (including phenoxy) is 1. The van der Waals surface area contributed by atoms with E-state index < -0.39 is 17.6 Å². The van der Waals surface area contributed by atoms with Crippen LogP contribution in [0.5, 0.6) is 0 Å². The van der Waals surface area contributed by atoms with Gasteiger partial charge in [-0.15, -0.1) is 0 Å². The van der Waals surface area contributed by atoms with Gasteiger partial charge in [-0.25, -0.2) is 8.78 Å². The Morgan fingerprint density at radius 3 is 2.54 bits per heavy atom. The SMILES string of the molecule is N#CC1=C(N)OC2=C(C(=O)C[C@H](c3ccccc3)C2)[C@@H]1c1ccc(F)cc1F. The number of hydrogen-bond donors (Lipinski definition) is 1. The number of ketones is 1. The third kappa shape index (κ3) is 2.95. The molecule has 28 heavy (non-hydrogen) atoms. The van der Waals surface area contributed by atoms with Crippen LogP contribution in [0.4, 0.5) is 8.78 Å². The molecule has 0 bridgehead atoms. The topological polar surface area (TPSA) is 76.1 Å². The summed E-state index contributed by atoms with van der Waals surface area (Å²) in [5.41, 5.74) is 7.13. The first kappa shape index (κ1) is 17.9. The highest BCUT2D eigenvalue weighted by Gasteiger charge is 2.41. The molecule has 1 heterocycles. The molecular formula is C22H16F2N2O2. The number of rotatable bonds is 2. The first-order chi connectivity index (χ1) is 13.5. The Hall–Kier alpha value is -3.46. The largest absolute Gasteiger partial charge is 0.444 e. The molecule has 2 aromatic carbocycles. The first-order valence-corrected chi connectivity index (χ1v) is 8.83. The highest BCUT2D eigenvalue weighted by atomic mass is 19.1. The van der Waals surface area contributed by atoms with Gasteiger partial charge in [0.25, 0.3) is 0 Å². The summed E-state index contributed by atoms with van der Waals surface area (Å²) >= 11 is 0. The smallest absolute Gasteiger partial charge is 0.205 e. The summed E-state index contributed by atoms with van der Waals surface area (Å²) in [6.45, 7) is 0. The average Bonchev–Trinajstić information content (AvgIpc) is 2.67. The monoisotopic (exact) mass is 378 g/mol. The Morgan fingerprint density at radius 1 is 1.11 bits per heavy atom. The number of carbonyl (C=O) groups excluding carboxylic acids is 1. The van der Waals surface area contributed by atoms with Crippen LogP contribution < -0.4 is 5.73 Å². The van der Waals surface area contributed by atoms with E-state index in [9.17, 15) is 18.8 Å². The van der Waals surface area contributed by atoms with Crippen molar-refractivity contribution in [2.75, 3.05) is 0 Å². The van der Waals surface area contributed by atoms with Crippen LogP contribution in [-0.4, -0.2) is 5.78 Å². The van der Waals surface area contributed by atoms with Crippen LogP contribution in [0.2, 0.25) is 0 Å². The summed E-state index contributed by atoms with van der Waals surface area (Å²) in [7, 11) is 0. The number of nitriles is 1. The lowest BCUT2D eigenvalue weighted by atomic mass is 9.73. The quantitative estimate of drug-likeness (QED) is 0.851. The molecule has 4 nitrogen and oxygen atoms in total. The zero-order chi connectivity index (χ0) is 19.8. The van der Waals surface area contributed by atoms with Gasteiger partial charge in [0.1, 0.15) is 29.0 Å². The van der Waals surface area contributed by atoms with Gasteiger partial charge >= 0.3 is 0 Å². The van der Waals surface area contributed by atoms with Crippen LogP contribution in [0.25, 0.3) is 0 Å². The molecule has 2 aliphatic rings. The minimum atomic E-state index is -1.00. The number of benzene rings is 2. The Bertz CT molecular complexity index is 1070. The summed E-state index contributed by atoms with van der Waals surface area (Å²) in [5, 5.41) is 9.55. The lowest BCUT2D eigenvalue weighted by molar-refractivity contribution is -0.117. The molecular weight excluding hydrogens is 362 g/mol. The van der Waals surface area contributed by atoms with Gasteiger partial charge < -0.3 is 10.5 Å². The summed E-state index contributed by atoms with van der Waals surface area (Å²) in [5.74, 6) is -2.72. The van der Waals surface area contributed by atoms with Crippen LogP contribution in [0, 0.1) is 23.0 Å². The van der Waals surface area contributed by atoms with E-state index in [0.29, 0.717) is 12.2 Å². The van der Waals surface area contributed by atoms with Gasteiger partial charge in [-0.3, -0.25) is 4.79 Å². The first-order valence-electron chi connectivity index (χ1n) is 8.83. The summed E-state index contributed by atoms with van der Waals surface area (Å²) in [4.78, 5) is 13.0. The van der Waals surface area contributed by atoms with E-state index in [1.165, 1.54) is 6.07 Å². The molecule has 0 saturated heterocycles. The van der Waals surface area contributed by atoms with Crippen molar-refractivity contribution in [3.63, 3.8) is 0 Å². The van der Waals surface area contributed by atoms with Gasteiger partial charge in [-0.05, 0) is 17.5 Å². The normalized spacial score (nSPS) is 21.8. The molecule has 2 aromatic rings. The lowest BCUT2D eigenvalue weighted by Gasteiger charge is -2.34. The molecule has 0 radical (unpaired) electrons. The number of allylic oxidation sites excluding steroid dienone is 3. The van der Waals surface area contributed by atoms with Crippen molar-refractivity contribution < 1.29 is 18.3 Å². The maximum Gasteiger partial charge on any atom is 0.205 e. The van der Waals surface area contributed by atoms with E-state index >= 15 is 0 Å². The third-order valence-electron chi connectivity index (χ3n) is 5.21. The van der Waals surface area contributed by atoms with Gasteiger partial charge in [0, 0.05) is 30.0 Å². The summed E-state index contributed by atoms with van der Waals surface area (Å²) in [6, 6.07) is 14.5. The van der Waals surface area contributed by atoms with Crippen molar-refractivity contribution in [3.05, 3.63) is 94.1 Å². The molecule has 0 saturated carbocycles. The summed E-state index contributed by atoms with van der Waals surface area (Å²) < 4.78 is 33.5. The van der Waals surface area contributed by atoms with Crippen molar-refractivity contribution in [3.8, 4) is 6.07 Å². The van der Waals surface area contributed by atoms with E-state index in [1.807, 2.05) is 36.4 Å². The molecule has 1 aliphatic heterocycles. The van der Waals surface area contributed by atoms with Crippen LogP contribution in [0.15, 0.2) is 71.3 Å². The van der Waals surface area contributed by atoms with Crippen molar-refractivity contribution in [2.24, 2.45) is 5.73 Å². The Morgan fingerprint density at radius 2 is 1.86 bits per heavy atom. The van der Waals surface area contributed by atoms with Crippen LogP contribution in [-0.2, 0) is 9.53 Å². The van der Waals surface area contributed by atoms with E-state index in [0.717, 1.165) is 17.7 Å². The van der Waals surface area contributed by atoms with Crippen molar-refractivity contribution in [1.82, 2.24) is 0 Å². The fourth-order valence-corrected chi connectivity index (χ4v) is 3.92. The maximum absolute atomic E-state index is 14.5. The highest BCUT2D eigenvalue weighted by molar-refractivity contribution is 6.00. The fraction of sp³-hybridized carbons (Fsp3) is 0.182. The fourth-order valence-electron chi connectivity index (χ4n) is 3.92. The van der Waals surface area contributed by atoms with E-state index in [1.54, 1.807) is 0 Å². The number of halogens is 2. The number of nitrogens with zero attached hydrogens (tertiary/aromatic N) is 1. The predicted molar refractivity (Wildman–Crippen MR) is 97.5 cm³/mol. The van der Waals surface area contributed by atoms with E-state index in [2.05, 4.69) is 0 Å². The summed E-state index contributed by atoms with van der Waals surface area (Å²) in [6.07, 6.45) is 0.619. The van der Waals surface area contributed by atoms with Gasteiger partial charge in [0.15, 0.2) is 5.78 Å². The lowest BCUT2D eigenvalue weighted by Crippen LogP contribution is -2.30. The molecule has 140 valence electrons. The maximum atomic E-state index is 14.5. The van der Waals surface area contributed by atoms with Crippen molar-refractivity contribution in [2.45, 2.75) is 24.7 Å². The highest BCUT2D eigenvalue weighted by Crippen LogP contribution is 2.47. The Balaban J connectivity index is 1.82. The predicted octanol–water partition coefficient (Wildman–Crippen LogP) is 4.17. The molecule has 4 rings (SSSR count). The minimum Gasteiger partial charge on any atom is -0.444 e. The molecule has 2 N–H and O–H groups in total. The van der Waals surface area contributed by atoms with Gasteiger partial charge in [-0.2, -0.15) is 5.26 Å². The Kier molecular flexibility index (Phi) is 4.44. The third-order valence-corrected chi connectivity index (χ3v) is 5.21. The van der Waals surface area contributed by atoms with Gasteiger partial charge in [0.2, 0.25) is 5.88 Å². The standard InChI is InChI=1S/C22H16F2N2O2/c23-14-6-7-15(17(24)10-14)20-16(11-25)22(26)28-19-9-13(8-18(27)21(19)20)12-4-2-1-3-5-12/h1-7,10,13,20H,8-9,26H2/t13-,20+/m0/s1. The minimum absolute atomic E-state index is 0.0308. The zero-order valence-electron chi connectivity index (χ0n) is 14.8.